The van der Waals surface area contributed by atoms with Crippen molar-refractivity contribution in [2.45, 2.75) is 17.7 Å². The van der Waals surface area contributed by atoms with Gasteiger partial charge in [0.15, 0.2) is 0 Å². The Hall–Kier alpha value is -1.91. The van der Waals surface area contributed by atoms with Crippen LogP contribution in [0.25, 0.3) is 0 Å². The van der Waals surface area contributed by atoms with Crippen molar-refractivity contribution in [1.82, 2.24) is 0 Å². The molecule has 1 aromatic heterocycles. The van der Waals surface area contributed by atoms with Crippen LogP contribution in [-0.4, -0.2) is 14.4 Å². The first-order valence-corrected chi connectivity index (χ1v) is 8.45. The van der Waals surface area contributed by atoms with Crippen molar-refractivity contribution >= 4 is 27.3 Å². The highest BCUT2D eigenvalue weighted by molar-refractivity contribution is 7.89. The molecule has 0 fully saturated rings. The lowest BCUT2D eigenvalue weighted by atomic mass is 10.1. The molecule has 2 aromatic rings. The molecule has 10 heteroatoms. The van der Waals surface area contributed by atoms with Crippen molar-refractivity contribution in [2.24, 2.45) is 5.14 Å². The zero-order valence-corrected chi connectivity index (χ0v) is 13.0. The van der Waals surface area contributed by atoms with Gasteiger partial charge in [-0.2, -0.15) is 13.2 Å². The van der Waals surface area contributed by atoms with Crippen molar-refractivity contribution in [3.8, 4) is 0 Å². The highest BCUT2D eigenvalue weighted by Crippen LogP contribution is 2.29. The first-order chi connectivity index (χ1) is 10.6. The van der Waals surface area contributed by atoms with Gasteiger partial charge < -0.3 is 4.74 Å². The number of alkyl halides is 3. The number of rotatable bonds is 4. The molecule has 0 unspecified atom stereocenters. The molecule has 2 rings (SSSR count). The third-order valence-corrected chi connectivity index (χ3v) is 4.75. The predicted octanol–water partition coefficient (Wildman–Crippen LogP) is 2.77. The molecule has 0 amide bonds. The van der Waals surface area contributed by atoms with Gasteiger partial charge in [-0.15, -0.1) is 11.3 Å². The summed E-state index contributed by atoms with van der Waals surface area (Å²) >= 11 is 0.843. The Morgan fingerprint density at radius 1 is 1.17 bits per heavy atom. The number of carbonyl (C=O) groups excluding carboxylic acids is 1. The quantitative estimate of drug-likeness (QED) is 0.844. The van der Waals surface area contributed by atoms with Gasteiger partial charge in [0, 0.05) is 0 Å². The van der Waals surface area contributed by atoms with E-state index in [-0.39, 0.29) is 16.4 Å². The number of hydrogen-bond acceptors (Lipinski definition) is 5. The minimum atomic E-state index is -4.45. The zero-order valence-electron chi connectivity index (χ0n) is 11.3. The molecule has 23 heavy (non-hydrogen) atoms. The van der Waals surface area contributed by atoms with Gasteiger partial charge in [0.05, 0.1) is 5.56 Å². The summed E-state index contributed by atoms with van der Waals surface area (Å²) in [4.78, 5) is 11.3. The Kier molecular flexibility index (Phi) is 4.78. The fraction of sp³-hybridized carbons (Fsp3) is 0.154. The third kappa shape index (κ3) is 4.30. The molecule has 2 N–H and O–H groups in total. The fourth-order valence-electron chi connectivity index (χ4n) is 1.67. The van der Waals surface area contributed by atoms with Crippen LogP contribution in [0.2, 0.25) is 0 Å². The standard InChI is InChI=1S/C13H10F3NO4S2/c14-13(15,16)9-3-1-8(2-4-9)7-21-12(18)11-10(5-6-22-11)23(17,19)20/h1-6H,7H2,(H2,17,19,20). The van der Waals surface area contributed by atoms with E-state index >= 15 is 0 Å². The van der Waals surface area contributed by atoms with Crippen molar-refractivity contribution in [2.75, 3.05) is 0 Å². The smallest absolute Gasteiger partial charge is 0.416 e. The first kappa shape index (κ1) is 17.4. The summed E-state index contributed by atoms with van der Waals surface area (Å²) in [5.74, 6) is -0.913. The summed E-state index contributed by atoms with van der Waals surface area (Å²) < 4.78 is 64.8. The minimum Gasteiger partial charge on any atom is -0.457 e. The number of hydrogen-bond donors (Lipinski definition) is 1. The summed E-state index contributed by atoms with van der Waals surface area (Å²) in [5.41, 5.74) is -0.484. The van der Waals surface area contributed by atoms with Gasteiger partial charge in [-0.3, -0.25) is 0 Å². The zero-order chi connectivity index (χ0) is 17.3. The molecule has 0 radical (unpaired) electrons. The van der Waals surface area contributed by atoms with E-state index in [2.05, 4.69) is 0 Å². The predicted molar refractivity (Wildman–Crippen MR) is 76.3 cm³/mol. The summed E-state index contributed by atoms with van der Waals surface area (Å²) in [6.45, 7) is -0.293. The lowest BCUT2D eigenvalue weighted by molar-refractivity contribution is -0.137. The number of carbonyl (C=O) groups is 1. The number of benzene rings is 1. The Bertz CT molecular complexity index is 810. The molecule has 124 valence electrons. The summed E-state index contributed by atoms with van der Waals surface area (Å²) in [7, 11) is -4.06. The monoisotopic (exact) mass is 365 g/mol. The lowest BCUT2D eigenvalue weighted by Crippen LogP contribution is -2.15. The summed E-state index contributed by atoms with van der Waals surface area (Å²) in [5, 5.41) is 6.34. The van der Waals surface area contributed by atoms with Crippen LogP contribution in [0.4, 0.5) is 13.2 Å². The molecule has 0 spiro atoms. The number of primary sulfonamides is 1. The van der Waals surface area contributed by atoms with Gasteiger partial charge in [-0.25, -0.2) is 18.4 Å². The van der Waals surface area contributed by atoms with Crippen molar-refractivity contribution in [3.63, 3.8) is 0 Å². The van der Waals surface area contributed by atoms with Gasteiger partial charge >= 0.3 is 12.1 Å². The second-order valence-corrected chi connectivity index (χ2v) is 6.88. The Morgan fingerprint density at radius 3 is 2.30 bits per heavy atom. The molecule has 0 atom stereocenters. The van der Waals surface area contributed by atoms with Gasteiger partial charge in [0.1, 0.15) is 16.4 Å². The van der Waals surface area contributed by atoms with E-state index in [0.717, 1.165) is 23.5 Å². The normalized spacial score (nSPS) is 12.2. The molecular formula is C13H10F3NO4S2. The first-order valence-electron chi connectivity index (χ1n) is 6.02. The van der Waals surface area contributed by atoms with Crippen LogP contribution in [-0.2, 0) is 27.5 Å². The maximum absolute atomic E-state index is 12.4. The number of sulfonamides is 1. The van der Waals surface area contributed by atoms with Crippen molar-refractivity contribution < 1.29 is 31.1 Å². The van der Waals surface area contributed by atoms with Crippen LogP contribution in [0.5, 0.6) is 0 Å². The molecule has 0 aliphatic carbocycles. The van der Waals surface area contributed by atoms with Gasteiger partial charge in [-0.1, -0.05) is 12.1 Å². The van der Waals surface area contributed by atoms with Crippen LogP contribution in [0.3, 0.4) is 0 Å². The number of ether oxygens (including phenoxy) is 1. The van der Waals surface area contributed by atoms with Gasteiger partial charge in [0.25, 0.3) is 0 Å². The van der Waals surface area contributed by atoms with Gasteiger partial charge in [0.2, 0.25) is 10.0 Å². The molecule has 0 aliphatic rings. The number of esters is 1. The SMILES string of the molecule is NS(=O)(=O)c1ccsc1C(=O)OCc1ccc(C(F)(F)F)cc1. The maximum Gasteiger partial charge on any atom is 0.416 e. The van der Waals surface area contributed by atoms with Crippen LogP contribution in [0.1, 0.15) is 20.8 Å². The summed E-state index contributed by atoms with van der Waals surface area (Å²) in [6, 6.07) is 5.25. The molecule has 0 aliphatic heterocycles. The Balaban J connectivity index is 2.07. The van der Waals surface area contributed by atoms with E-state index in [9.17, 15) is 26.4 Å². The van der Waals surface area contributed by atoms with Crippen LogP contribution in [0.15, 0.2) is 40.6 Å². The lowest BCUT2D eigenvalue weighted by Gasteiger charge is -2.08. The second kappa shape index (κ2) is 6.30. The highest BCUT2D eigenvalue weighted by Gasteiger charge is 2.30. The van der Waals surface area contributed by atoms with Crippen LogP contribution in [0, 0.1) is 0 Å². The van der Waals surface area contributed by atoms with Crippen molar-refractivity contribution in [1.29, 1.82) is 0 Å². The van der Waals surface area contributed by atoms with Gasteiger partial charge in [-0.05, 0) is 29.1 Å². The van der Waals surface area contributed by atoms with E-state index < -0.39 is 27.7 Å². The molecule has 1 aromatic carbocycles. The number of halogens is 3. The Labute approximate surface area is 133 Å². The molecule has 0 saturated carbocycles. The average Bonchev–Trinajstić information content (AvgIpc) is 2.94. The van der Waals surface area contributed by atoms with E-state index in [0.29, 0.717) is 5.56 Å². The van der Waals surface area contributed by atoms with Crippen LogP contribution < -0.4 is 5.14 Å². The molecule has 0 saturated heterocycles. The van der Waals surface area contributed by atoms with Crippen LogP contribution >= 0.6 is 11.3 Å². The van der Waals surface area contributed by atoms with E-state index in [4.69, 9.17) is 9.88 Å². The molecule has 1 heterocycles. The second-order valence-electron chi connectivity index (χ2n) is 4.43. The average molecular weight is 365 g/mol. The van der Waals surface area contributed by atoms with Crippen molar-refractivity contribution in [3.05, 3.63) is 51.7 Å². The molecule has 5 nitrogen and oxygen atoms in total. The number of thiophene rings is 1. The highest BCUT2D eigenvalue weighted by atomic mass is 32.2. The fourth-order valence-corrected chi connectivity index (χ4v) is 3.53. The maximum atomic E-state index is 12.4. The Morgan fingerprint density at radius 2 is 1.78 bits per heavy atom. The third-order valence-electron chi connectivity index (χ3n) is 2.77. The summed E-state index contributed by atoms with van der Waals surface area (Å²) in [6.07, 6.45) is -4.45. The minimum absolute atomic E-state index is 0.181. The van der Waals surface area contributed by atoms with E-state index in [1.165, 1.54) is 23.6 Å². The molecule has 0 bridgehead atoms. The van der Waals surface area contributed by atoms with E-state index in [1.54, 1.807) is 0 Å². The van der Waals surface area contributed by atoms with E-state index in [1.807, 2.05) is 0 Å². The number of nitrogens with two attached hydrogens (primary N) is 1. The molecular weight excluding hydrogens is 355 g/mol. The topological polar surface area (TPSA) is 86.5 Å². The largest absolute Gasteiger partial charge is 0.457 e.